The smallest absolute Gasteiger partial charge is 0.410 e. The number of carbonyl (C=O) groups is 1. The Morgan fingerprint density at radius 1 is 1.33 bits per heavy atom. The van der Waals surface area contributed by atoms with E-state index in [1.807, 2.05) is 45.9 Å². The van der Waals surface area contributed by atoms with Crippen LogP contribution in [0.25, 0.3) is 0 Å². The fourth-order valence-corrected chi connectivity index (χ4v) is 2.37. The van der Waals surface area contributed by atoms with Crippen molar-refractivity contribution in [2.75, 3.05) is 13.1 Å². The van der Waals surface area contributed by atoms with Crippen LogP contribution >= 0.6 is 0 Å². The molecule has 0 aromatic rings. The summed E-state index contributed by atoms with van der Waals surface area (Å²) in [5, 5.41) is 10.8. The Morgan fingerprint density at radius 2 is 1.90 bits per heavy atom. The topological polar surface area (TPSA) is 49.8 Å². The highest BCUT2D eigenvalue weighted by atomic mass is 16.6. The molecule has 0 spiro atoms. The van der Waals surface area contributed by atoms with Gasteiger partial charge in [-0.2, -0.15) is 0 Å². The second kappa shape index (κ2) is 6.94. The number of hydrogen-bond acceptors (Lipinski definition) is 3. The number of ether oxygens (including phenoxy) is 1. The van der Waals surface area contributed by atoms with Crippen molar-refractivity contribution in [3.63, 3.8) is 0 Å². The average molecular weight is 293 g/mol. The zero-order chi connectivity index (χ0) is 16.1. The summed E-state index contributed by atoms with van der Waals surface area (Å²) in [5.74, 6) is 0. The largest absolute Gasteiger partial charge is 0.444 e. The molecule has 0 aromatic heterocycles. The number of piperidine rings is 1. The quantitative estimate of drug-likeness (QED) is 0.811. The zero-order valence-corrected chi connectivity index (χ0v) is 13.6. The lowest BCUT2D eigenvalue weighted by atomic mass is 9.83. The Bertz CT molecular complexity index is 435. The third kappa shape index (κ3) is 5.05. The molecular weight excluding hydrogens is 266 g/mol. The molecule has 1 amide bonds. The Morgan fingerprint density at radius 3 is 2.33 bits per heavy atom. The molecule has 4 heteroatoms. The van der Waals surface area contributed by atoms with E-state index in [0.29, 0.717) is 25.9 Å². The maximum absolute atomic E-state index is 12.0. The molecule has 0 aromatic carbocycles. The predicted molar refractivity (Wildman–Crippen MR) is 85.1 cm³/mol. The second-order valence-corrected chi connectivity index (χ2v) is 6.34. The molecule has 1 N–H and O–H groups in total. The standard InChI is InChI=1S/C17H27NO3/c1-6-8-9-14(7-2)17(20)10-12-18(13-11-17)15(19)21-16(3,4)5/h6-9,20H,1,10-13H2,2-5H3/b9-8-,14-7+. The van der Waals surface area contributed by atoms with Gasteiger partial charge in [-0.3, -0.25) is 0 Å². The van der Waals surface area contributed by atoms with Crippen LogP contribution in [0, 0.1) is 0 Å². The summed E-state index contributed by atoms with van der Waals surface area (Å²) in [5.41, 5.74) is -0.509. The molecular formula is C17H27NO3. The first-order valence-electron chi connectivity index (χ1n) is 7.38. The maximum atomic E-state index is 12.0. The third-order valence-corrected chi connectivity index (χ3v) is 3.50. The number of nitrogens with zero attached hydrogens (tertiary/aromatic N) is 1. The van der Waals surface area contributed by atoms with E-state index in [0.717, 1.165) is 5.57 Å². The van der Waals surface area contributed by atoms with Gasteiger partial charge in [-0.25, -0.2) is 4.79 Å². The minimum Gasteiger partial charge on any atom is -0.444 e. The lowest BCUT2D eigenvalue weighted by molar-refractivity contribution is -0.0119. The van der Waals surface area contributed by atoms with Gasteiger partial charge in [0.1, 0.15) is 5.60 Å². The molecule has 1 aliphatic rings. The average Bonchev–Trinajstić information content (AvgIpc) is 2.38. The Kier molecular flexibility index (Phi) is 5.78. The summed E-state index contributed by atoms with van der Waals surface area (Å²) in [6, 6.07) is 0. The SMILES string of the molecule is C=C/C=C\C(=C/C)C1(O)CCN(C(=O)OC(C)(C)C)CC1. The van der Waals surface area contributed by atoms with Gasteiger partial charge >= 0.3 is 6.09 Å². The number of allylic oxidation sites excluding steroid dienone is 3. The van der Waals surface area contributed by atoms with E-state index in [9.17, 15) is 9.90 Å². The summed E-state index contributed by atoms with van der Waals surface area (Å²) in [7, 11) is 0. The zero-order valence-electron chi connectivity index (χ0n) is 13.6. The van der Waals surface area contributed by atoms with Crippen molar-refractivity contribution < 1.29 is 14.6 Å². The summed E-state index contributed by atoms with van der Waals surface area (Å²) >= 11 is 0. The van der Waals surface area contributed by atoms with E-state index in [-0.39, 0.29) is 6.09 Å². The molecule has 1 fully saturated rings. The van der Waals surface area contributed by atoms with Crippen LogP contribution in [0.15, 0.2) is 36.5 Å². The molecule has 0 radical (unpaired) electrons. The fourth-order valence-electron chi connectivity index (χ4n) is 2.37. The first kappa shape index (κ1) is 17.5. The predicted octanol–water partition coefficient (Wildman–Crippen LogP) is 3.44. The Balaban J connectivity index is 2.68. The van der Waals surface area contributed by atoms with Crippen LogP contribution in [0.1, 0.15) is 40.5 Å². The van der Waals surface area contributed by atoms with E-state index in [4.69, 9.17) is 4.74 Å². The van der Waals surface area contributed by atoms with Gasteiger partial charge in [-0.15, -0.1) is 0 Å². The van der Waals surface area contributed by atoms with Gasteiger partial charge < -0.3 is 14.7 Å². The highest BCUT2D eigenvalue weighted by Crippen LogP contribution is 2.31. The van der Waals surface area contributed by atoms with E-state index in [2.05, 4.69) is 6.58 Å². The van der Waals surface area contributed by atoms with Crippen molar-refractivity contribution in [3.8, 4) is 0 Å². The second-order valence-electron chi connectivity index (χ2n) is 6.34. The highest BCUT2D eigenvalue weighted by Gasteiger charge is 2.36. The van der Waals surface area contributed by atoms with Gasteiger partial charge in [0, 0.05) is 13.1 Å². The summed E-state index contributed by atoms with van der Waals surface area (Å²) in [6.45, 7) is 12.1. The van der Waals surface area contributed by atoms with Gasteiger partial charge in [0.25, 0.3) is 0 Å². The molecule has 0 bridgehead atoms. The molecule has 21 heavy (non-hydrogen) atoms. The van der Waals surface area contributed by atoms with Crippen molar-refractivity contribution in [1.82, 2.24) is 4.90 Å². The van der Waals surface area contributed by atoms with E-state index >= 15 is 0 Å². The molecule has 1 rings (SSSR count). The van der Waals surface area contributed by atoms with Crippen molar-refractivity contribution in [1.29, 1.82) is 0 Å². The molecule has 0 atom stereocenters. The van der Waals surface area contributed by atoms with Gasteiger partial charge in [-0.1, -0.05) is 30.9 Å². The molecule has 1 heterocycles. The van der Waals surface area contributed by atoms with Gasteiger partial charge in [0.2, 0.25) is 0 Å². The van der Waals surface area contributed by atoms with Crippen LogP contribution in [0.4, 0.5) is 4.79 Å². The molecule has 0 unspecified atom stereocenters. The first-order chi connectivity index (χ1) is 9.72. The number of likely N-dealkylation sites (tertiary alicyclic amines) is 1. The van der Waals surface area contributed by atoms with Crippen molar-refractivity contribution in [2.24, 2.45) is 0 Å². The first-order valence-corrected chi connectivity index (χ1v) is 7.38. The van der Waals surface area contributed by atoms with Crippen LogP contribution in [0.5, 0.6) is 0 Å². The number of aliphatic hydroxyl groups is 1. The van der Waals surface area contributed by atoms with E-state index in [1.54, 1.807) is 11.0 Å². The number of hydrogen-bond donors (Lipinski definition) is 1. The molecule has 0 saturated carbocycles. The minimum absolute atomic E-state index is 0.312. The van der Waals surface area contributed by atoms with Crippen molar-refractivity contribution >= 4 is 6.09 Å². The molecule has 0 aliphatic carbocycles. The summed E-state index contributed by atoms with van der Waals surface area (Å²) in [4.78, 5) is 13.7. The molecule has 1 saturated heterocycles. The minimum atomic E-state index is -0.882. The van der Waals surface area contributed by atoms with Crippen LogP contribution in [-0.2, 0) is 4.74 Å². The molecule has 118 valence electrons. The van der Waals surface area contributed by atoms with E-state index < -0.39 is 11.2 Å². The fraction of sp³-hybridized carbons (Fsp3) is 0.588. The number of carbonyl (C=O) groups excluding carboxylic acids is 1. The number of rotatable bonds is 3. The van der Waals surface area contributed by atoms with Crippen molar-refractivity contribution in [2.45, 2.75) is 51.7 Å². The van der Waals surface area contributed by atoms with Gasteiger partial charge in [0.05, 0.1) is 5.60 Å². The Labute approximate surface area is 127 Å². The monoisotopic (exact) mass is 293 g/mol. The normalized spacial score (nSPS) is 19.7. The van der Waals surface area contributed by atoms with Crippen LogP contribution in [0.2, 0.25) is 0 Å². The molecule has 4 nitrogen and oxygen atoms in total. The summed E-state index contributed by atoms with van der Waals surface area (Å²) < 4.78 is 5.36. The lowest BCUT2D eigenvalue weighted by Crippen LogP contribution is -2.48. The lowest BCUT2D eigenvalue weighted by Gasteiger charge is -2.39. The Hall–Kier alpha value is -1.55. The summed E-state index contributed by atoms with van der Waals surface area (Å²) in [6.07, 6.45) is 7.98. The van der Waals surface area contributed by atoms with E-state index in [1.165, 1.54) is 0 Å². The van der Waals surface area contributed by atoms with Crippen LogP contribution in [0.3, 0.4) is 0 Å². The molecule has 1 aliphatic heterocycles. The third-order valence-electron chi connectivity index (χ3n) is 3.50. The van der Waals surface area contributed by atoms with Crippen molar-refractivity contribution in [3.05, 3.63) is 36.5 Å². The van der Waals surface area contributed by atoms with Crippen LogP contribution in [-0.4, -0.2) is 40.4 Å². The highest BCUT2D eigenvalue weighted by molar-refractivity contribution is 5.68. The van der Waals surface area contributed by atoms with Gasteiger partial charge in [-0.05, 0) is 46.1 Å². The van der Waals surface area contributed by atoms with Gasteiger partial charge in [0.15, 0.2) is 0 Å². The van der Waals surface area contributed by atoms with Crippen LogP contribution < -0.4 is 0 Å². The maximum Gasteiger partial charge on any atom is 0.410 e. The number of amides is 1.